The molecule has 4 aromatic rings. The molecule has 4 rings (SSSR count). The van der Waals surface area contributed by atoms with E-state index in [0.717, 1.165) is 27.5 Å². The Bertz CT molecular complexity index is 1330. The van der Waals surface area contributed by atoms with Crippen molar-refractivity contribution in [1.29, 1.82) is 0 Å². The smallest absolute Gasteiger partial charge is 0.339 e. The van der Waals surface area contributed by atoms with Gasteiger partial charge >= 0.3 is 5.97 Å². The molecule has 158 valence electrons. The van der Waals surface area contributed by atoms with Crippen molar-refractivity contribution in [3.63, 3.8) is 0 Å². The molecular weight excluding hydrogens is 396 g/mol. The van der Waals surface area contributed by atoms with E-state index in [-0.39, 0.29) is 0 Å². The Morgan fingerprint density at radius 1 is 0.812 bits per heavy atom. The number of anilines is 2. The zero-order valence-corrected chi connectivity index (χ0v) is 17.8. The van der Waals surface area contributed by atoms with Crippen LogP contribution in [0.4, 0.5) is 11.4 Å². The summed E-state index contributed by atoms with van der Waals surface area (Å²) in [5.41, 5.74) is 16.3. The minimum absolute atomic E-state index is 0.422. The van der Waals surface area contributed by atoms with Crippen LogP contribution in [0, 0.1) is 0 Å². The summed E-state index contributed by atoms with van der Waals surface area (Å²) < 4.78 is 5.70. The van der Waals surface area contributed by atoms with E-state index in [1.165, 1.54) is 0 Å². The molecule has 0 aliphatic carbocycles. The van der Waals surface area contributed by atoms with Crippen molar-refractivity contribution < 1.29 is 9.53 Å². The summed E-state index contributed by atoms with van der Waals surface area (Å²) in [5, 5.41) is 1.90. The molecule has 0 bridgehead atoms. The lowest BCUT2D eigenvalue weighted by Gasteiger charge is -2.11. The van der Waals surface area contributed by atoms with Gasteiger partial charge in [0.25, 0.3) is 0 Å². The standard InChI is InChI=1S/C28H24N2O2/c1-19(28(31)32-26-13-7-11-21-10-5-6-12-23(21)26)18-22-15-17-25(29)27(30)24(22)16-14-20-8-3-2-4-9-20/h2-18H,29-30H2,1H3. The Labute approximate surface area is 187 Å². The van der Waals surface area contributed by atoms with Crippen molar-refractivity contribution in [1.82, 2.24) is 0 Å². The molecule has 0 aliphatic rings. The SMILES string of the molecule is CC(=Cc1ccc(N)c(N)c1C=Cc1ccccc1)C(=O)Oc1cccc2ccccc12. The predicted octanol–water partition coefficient (Wildman–Crippen LogP) is 6.18. The summed E-state index contributed by atoms with van der Waals surface area (Å²) in [6.45, 7) is 1.73. The van der Waals surface area contributed by atoms with Crippen LogP contribution in [0.15, 0.2) is 90.5 Å². The van der Waals surface area contributed by atoms with Gasteiger partial charge in [0.1, 0.15) is 5.75 Å². The molecule has 4 heteroatoms. The minimum Gasteiger partial charge on any atom is -0.423 e. The van der Waals surface area contributed by atoms with Crippen LogP contribution in [0.3, 0.4) is 0 Å². The molecule has 0 atom stereocenters. The number of nitrogens with two attached hydrogens (primary N) is 2. The number of carbonyl (C=O) groups is 1. The van der Waals surface area contributed by atoms with Gasteiger partial charge in [-0.05, 0) is 41.6 Å². The molecule has 4 N–H and O–H groups in total. The van der Waals surface area contributed by atoms with E-state index in [2.05, 4.69) is 0 Å². The summed E-state index contributed by atoms with van der Waals surface area (Å²) >= 11 is 0. The van der Waals surface area contributed by atoms with Gasteiger partial charge in [0.2, 0.25) is 0 Å². The summed E-state index contributed by atoms with van der Waals surface area (Å²) in [7, 11) is 0. The average molecular weight is 421 g/mol. The molecule has 4 aromatic carbocycles. The number of benzene rings is 4. The van der Waals surface area contributed by atoms with E-state index in [1.807, 2.05) is 84.9 Å². The molecule has 0 fully saturated rings. The van der Waals surface area contributed by atoms with Crippen molar-refractivity contribution in [2.24, 2.45) is 0 Å². The number of carbonyl (C=O) groups excluding carboxylic acids is 1. The van der Waals surface area contributed by atoms with Crippen LogP contribution in [0.5, 0.6) is 5.75 Å². The zero-order valence-electron chi connectivity index (χ0n) is 17.8. The third-order valence-corrected chi connectivity index (χ3v) is 5.24. The van der Waals surface area contributed by atoms with Crippen LogP contribution >= 0.6 is 0 Å². The number of fused-ring (bicyclic) bond motifs is 1. The topological polar surface area (TPSA) is 78.3 Å². The van der Waals surface area contributed by atoms with Gasteiger partial charge in [0.05, 0.1) is 11.4 Å². The fourth-order valence-electron chi connectivity index (χ4n) is 3.48. The lowest BCUT2D eigenvalue weighted by Crippen LogP contribution is -2.09. The monoisotopic (exact) mass is 420 g/mol. The maximum absolute atomic E-state index is 12.8. The number of esters is 1. The van der Waals surface area contributed by atoms with Crippen molar-refractivity contribution in [2.75, 3.05) is 11.5 Å². The van der Waals surface area contributed by atoms with Crippen LogP contribution in [0.2, 0.25) is 0 Å². The number of rotatable bonds is 5. The van der Waals surface area contributed by atoms with E-state index < -0.39 is 5.97 Å². The van der Waals surface area contributed by atoms with Crippen molar-refractivity contribution >= 4 is 46.3 Å². The highest BCUT2D eigenvalue weighted by molar-refractivity contribution is 5.99. The molecule has 0 aliphatic heterocycles. The van der Waals surface area contributed by atoms with Gasteiger partial charge in [0.15, 0.2) is 0 Å². The molecular formula is C28H24N2O2. The van der Waals surface area contributed by atoms with Gasteiger partial charge in [-0.2, -0.15) is 0 Å². The first-order valence-electron chi connectivity index (χ1n) is 10.3. The van der Waals surface area contributed by atoms with Gasteiger partial charge in [-0.15, -0.1) is 0 Å². The lowest BCUT2D eigenvalue weighted by molar-refractivity contribution is -0.129. The molecule has 0 unspecified atom stereocenters. The maximum atomic E-state index is 12.8. The zero-order chi connectivity index (χ0) is 22.5. The van der Waals surface area contributed by atoms with E-state index >= 15 is 0 Å². The molecule has 0 spiro atoms. The lowest BCUT2D eigenvalue weighted by atomic mass is 10.0. The van der Waals surface area contributed by atoms with Gasteiger partial charge in [-0.25, -0.2) is 4.79 Å². The molecule has 0 amide bonds. The first kappa shape index (κ1) is 20.9. The second-order valence-electron chi connectivity index (χ2n) is 7.51. The highest BCUT2D eigenvalue weighted by Gasteiger charge is 2.12. The van der Waals surface area contributed by atoms with Crippen LogP contribution in [-0.4, -0.2) is 5.97 Å². The molecule has 0 heterocycles. The van der Waals surface area contributed by atoms with E-state index in [4.69, 9.17) is 16.2 Å². The predicted molar refractivity (Wildman–Crippen MR) is 134 cm³/mol. The van der Waals surface area contributed by atoms with Crippen molar-refractivity contribution in [3.05, 3.63) is 107 Å². The Kier molecular flexibility index (Phi) is 6.04. The van der Waals surface area contributed by atoms with Gasteiger partial charge in [-0.1, -0.05) is 84.9 Å². The number of hydrogen-bond donors (Lipinski definition) is 2. The third kappa shape index (κ3) is 4.55. The fraction of sp³-hybridized carbons (Fsp3) is 0.0357. The largest absolute Gasteiger partial charge is 0.423 e. The van der Waals surface area contributed by atoms with Crippen LogP contribution in [0.25, 0.3) is 29.0 Å². The third-order valence-electron chi connectivity index (χ3n) is 5.24. The van der Waals surface area contributed by atoms with E-state index in [0.29, 0.717) is 22.7 Å². The minimum atomic E-state index is -0.422. The second kappa shape index (κ2) is 9.23. The van der Waals surface area contributed by atoms with Gasteiger partial charge < -0.3 is 16.2 Å². The van der Waals surface area contributed by atoms with Crippen LogP contribution < -0.4 is 16.2 Å². The average Bonchev–Trinajstić information content (AvgIpc) is 2.82. The molecule has 4 nitrogen and oxygen atoms in total. The Balaban J connectivity index is 1.64. The Morgan fingerprint density at radius 3 is 2.34 bits per heavy atom. The first-order chi connectivity index (χ1) is 15.5. The van der Waals surface area contributed by atoms with Gasteiger partial charge in [0, 0.05) is 16.5 Å². The highest BCUT2D eigenvalue weighted by Crippen LogP contribution is 2.29. The van der Waals surface area contributed by atoms with E-state index in [9.17, 15) is 4.79 Å². The molecule has 32 heavy (non-hydrogen) atoms. The summed E-state index contributed by atoms with van der Waals surface area (Å²) in [5.74, 6) is 0.108. The van der Waals surface area contributed by atoms with Crippen LogP contribution in [-0.2, 0) is 4.79 Å². The normalized spacial score (nSPS) is 11.7. The molecule has 0 saturated heterocycles. The van der Waals surface area contributed by atoms with Crippen LogP contribution in [0.1, 0.15) is 23.6 Å². The van der Waals surface area contributed by atoms with Crippen molar-refractivity contribution in [3.8, 4) is 5.75 Å². The Morgan fingerprint density at radius 2 is 1.53 bits per heavy atom. The summed E-state index contributed by atoms with van der Waals surface area (Å²) in [6, 6.07) is 26.9. The number of hydrogen-bond acceptors (Lipinski definition) is 4. The Hall–Kier alpha value is -4.31. The molecule has 0 radical (unpaired) electrons. The number of ether oxygens (including phenoxy) is 1. The fourth-order valence-corrected chi connectivity index (χ4v) is 3.48. The van der Waals surface area contributed by atoms with E-state index in [1.54, 1.807) is 25.1 Å². The van der Waals surface area contributed by atoms with Crippen molar-refractivity contribution in [2.45, 2.75) is 6.92 Å². The second-order valence-corrected chi connectivity index (χ2v) is 7.51. The molecule has 0 aromatic heterocycles. The maximum Gasteiger partial charge on any atom is 0.339 e. The molecule has 0 saturated carbocycles. The quantitative estimate of drug-likeness (QED) is 0.133. The first-order valence-corrected chi connectivity index (χ1v) is 10.3. The van der Waals surface area contributed by atoms with Gasteiger partial charge in [-0.3, -0.25) is 0 Å². The summed E-state index contributed by atoms with van der Waals surface area (Å²) in [6.07, 6.45) is 5.65. The highest BCUT2D eigenvalue weighted by atomic mass is 16.5. The summed E-state index contributed by atoms with van der Waals surface area (Å²) in [4.78, 5) is 12.8. The number of nitrogen functional groups attached to an aromatic ring is 2.